The third-order valence-electron chi connectivity index (χ3n) is 1.38. The standard InChI is InChI=1S/C6H12ClNO/c1-2-9-6(5-7)8-3-4-8/h6H,2-5H2,1H3. The highest BCUT2D eigenvalue weighted by molar-refractivity contribution is 6.18. The van der Waals surface area contributed by atoms with Crippen LogP contribution in [0.2, 0.25) is 0 Å². The van der Waals surface area contributed by atoms with Gasteiger partial charge in [0.1, 0.15) is 6.23 Å². The maximum Gasteiger partial charge on any atom is 0.124 e. The number of rotatable bonds is 4. The first-order valence-corrected chi connectivity index (χ1v) is 3.83. The van der Waals surface area contributed by atoms with Gasteiger partial charge in [-0.3, -0.25) is 4.90 Å². The lowest BCUT2D eigenvalue weighted by Crippen LogP contribution is -2.24. The second-order valence-corrected chi connectivity index (χ2v) is 2.41. The molecule has 0 amide bonds. The third-order valence-corrected chi connectivity index (χ3v) is 1.64. The molecule has 1 rings (SSSR count). The van der Waals surface area contributed by atoms with Crippen LogP contribution in [0.25, 0.3) is 0 Å². The van der Waals surface area contributed by atoms with E-state index in [4.69, 9.17) is 16.3 Å². The zero-order valence-corrected chi connectivity index (χ0v) is 6.40. The summed E-state index contributed by atoms with van der Waals surface area (Å²) in [5, 5.41) is 0. The fourth-order valence-corrected chi connectivity index (χ4v) is 1.07. The van der Waals surface area contributed by atoms with Crippen LogP contribution in [0.3, 0.4) is 0 Å². The van der Waals surface area contributed by atoms with Crippen molar-refractivity contribution in [3.05, 3.63) is 0 Å². The van der Waals surface area contributed by atoms with Gasteiger partial charge in [0.2, 0.25) is 0 Å². The molecule has 1 saturated heterocycles. The molecule has 54 valence electrons. The molecule has 9 heavy (non-hydrogen) atoms. The Morgan fingerprint density at radius 3 is 2.67 bits per heavy atom. The van der Waals surface area contributed by atoms with Gasteiger partial charge < -0.3 is 4.74 Å². The summed E-state index contributed by atoms with van der Waals surface area (Å²) in [7, 11) is 0. The van der Waals surface area contributed by atoms with E-state index in [1.165, 1.54) is 0 Å². The van der Waals surface area contributed by atoms with E-state index < -0.39 is 0 Å². The first-order valence-electron chi connectivity index (χ1n) is 3.30. The minimum absolute atomic E-state index is 0.177. The molecule has 0 N–H and O–H groups in total. The van der Waals surface area contributed by atoms with Crippen LogP contribution in [-0.2, 0) is 4.74 Å². The summed E-state index contributed by atoms with van der Waals surface area (Å²) < 4.78 is 5.31. The second kappa shape index (κ2) is 3.40. The zero-order chi connectivity index (χ0) is 6.69. The summed E-state index contributed by atoms with van der Waals surface area (Å²) in [5.41, 5.74) is 0. The maximum absolute atomic E-state index is 5.61. The fourth-order valence-electron chi connectivity index (χ4n) is 0.786. The molecule has 3 heteroatoms. The van der Waals surface area contributed by atoms with Crippen LogP contribution in [0, 0.1) is 0 Å². The van der Waals surface area contributed by atoms with Crippen molar-refractivity contribution in [1.82, 2.24) is 4.90 Å². The monoisotopic (exact) mass is 149 g/mol. The molecule has 0 aromatic rings. The number of hydrogen-bond acceptors (Lipinski definition) is 2. The van der Waals surface area contributed by atoms with Crippen molar-refractivity contribution in [1.29, 1.82) is 0 Å². The van der Waals surface area contributed by atoms with E-state index in [2.05, 4.69) is 4.90 Å². The first-order chi connectivity index (χ1) is 4.38. The minimum Gasteiger partial charge on any atom is -0.362 e. The molecule has 0 radical (unpaired) electrons. The predicted molar refractivity (Wildman–Crippen MR) is 37.7 cm³/mol. The molecule has 1 fully saturated rings. The van der Waals surface area contributed by atoms with E-state index in [0.717, 1.165) is 19.7 Å². The second-order valence-electron chi connectivity index (χ2n) is 2.10. The topological polar surface area (TPSA) is 12.2 Å². The van der Waals surface area contributed by atoms with Crippen molar-refractivity contribution >= 4 is 11.6 Å². The van der Waals surface area contributed by atoms with E-state index in [1.54, 1.807) is 0 Å². The molecule has 0 spiro atoms. The smallest absolute Gasteiger partial charge is 0.124 e. The molecular formula is C6H12ClNO. The molecule has 1 aliphatic heterocycles. The summed E-state index contributed by atoms with van der Waals surface area (Å²) in [6.07, 6.45) is 0.177. The molecule has 1 heterocycles. The number of ether oxygens (including phenoxy) is 1. The van der Waals surface area contributed by atoms with Crippen molar-refractivity contribution in [2.45, 2.75) is 13.2 Å². The van der Waals surface area contributed by atoms with Crippen LogP contribution in [0.4, 0.5) is 0 Å². The van der Waals surface area contributed by atoms with Crippen molar-refractivity contribution in [3.8, 4) is 0 Å². The lowest BCUT2D eigenvalue weighted by molar-refractivity contribution is 0.0144. The van der Waals surface area contributed by atoms with Gasteiger partial charge in [0.05, 0.1) is 5.88 Å². The normalized spacial score (nSPS) is 22.0. The van der Waals surface area contributed by atoms with Gasteiger partial charge in [0, 0.05) is 19.7 Å². The van der Waals surface area contributed by atoms with Gasteiger partial charge in [-0.1, -0.05) is 0 Å². The first kappa shape index (κ1) is 7.32. The average molecular weight is 150 g/mol. The summed E-state index contributed by atoms with van der Waals surface area (Å²) in [5.74, 6) is 0.591. The Morgan fingerprint density at radius 1 is 1.67 bits per heavy atom. The molecule has 1 unspecified atom stereocenters. The van der Waals surface area contributed by atoms with Crippen LogP contribution in [0.5, 0.6) is 0 Å². The molecule has 0 aromatic heterocycles. The van der Waals surface area contributed by atoms with Gasteiger partial charge in [0.25, 0.3) is 0 Å². The number of hydrogen-bond donors (Lipinski definition) is 0. The molecule has 1 aliphatic rings. The summed E-state index contributed by atoms with van der Waals surface area (Å²) in [6.45, 7) is 5.05. The lowest BCUT2D eigenvalue weighted by atomic mass is 10.6. The molecule has 1 atom stereocenters. The minimum atomic E-state index is 0.177. The number of nitrogens with zero attached hydrogens (tertiary/aromatic N) is 1. The van der Waals surface area contributed by atoms with Crippen LogP contribution < -0.4 is 0 Å². The highest BCUT2D eigenvalue weighted by Gasteiger charge is 2.26. The molecule has 0 aliphatic carbocycles. The molecule has 2 nitrogen and oxygen atoms in total. The van der Waals surface area contributed by atoms with Crippen LogP contribution in [0.15, 0.2) is 0 Å². The highest BCUT2D eigenvalue weighted by Crippen LogP contribution is 2.12. The lowest BCUT2D eigenvalue weighted by Gasteiger charge is -2.13. The van der Waals surface area contributed by atoms with E-state index in [1.807, 2.05) is 6.92 Å². The Labute approximate surface area is 60.7 Å². The van der Waals surface area contributed by atoms with Crippen LogP contribution >= 0.6 is 11.6 Å². The van der Waals surface area contributed by atoms with Gasteiger partial charge in [-0.15, -0.1) is 11.6 Å². The highest BCUT2D eigenvalue weighted by atomic mass is 35.5. The van der Waals surface area contributed by atoms with Gasteiger partial charge in [-0.2, -0.15) is 0 Å². The van der Waals surface area contributed by atoms with Crippen LogP contribution in [0.1, 0.15) is 6.92 Å². The van der Waals surface area contributed by atoms with Crippen molar-refractivity contribution in [2.24, 2.45) is 0 Å². The number of halogens is 1. The maximum atomic E-state index is 5.61. The van der Waals surface area contributed by atoms with Crippen molar-refractivity contribution < 1.29 is 4.74 Å². The SMILES string of the molecule is CCOC(CCl)N1CC1. The molecule has 0 saturated carbocycles. The quantitative estimate of drug-likeness (QED) is 0.435. The zero-order valence-electron chi connectivity index (χ0n) is 5.64. The Morgan fingerprint density at radius 2 is 2.33 bits per heavy atom. The summed E-state index contributed by atoms with van der Waals surface area (Å²) in [6, 6.07) is 0. The summed E-state index contributed by atoms with van der Waals surface area (Å²) >= 11 is 5.61. The Balaban J connectivity index is 2.12. The Kier molecular flexibility index (Phi) is 2.76. The average Bonchev–Trinajstić information content (AvgIpc) is 2.64. The van der Waals surface area contributed by atoms with E-state index in [9.17, 15) is 0 Å². The molecule has 0 aromatic carbocycles. The third kappa shape index (κ3) is 2.12. The molecule has 0 bridgehead atoms. The van der Waals surface area contributed by atoms with Crippen LogP contribution in [-0.4, -0.2) is 36.7 Å². The summed E-state index contributed by atoms with van der Waals surface area (Å²) in [4.78, 5) is 2.20. The van der Waals surface area contributed by atoms with E-state index in [0.29, 0.717) is 5.88 Å². The van der Waals surface area contributed by atoms with Crippen molar-refractivity contribution in [2.75, 3.05) is 25.6 Å². The van der Waals surface area contributed by atoms with Gasteiger partial charge in [-0.05, 0) is 6.92 Å². The van der Waals surface area contributed by atoms with Crippen molar-refractivity contribution in [3.63, 3.8) is 0 Å². The fraction of sp³-hybridized carbons (Fsp3) is 1.00. The van der Waals surface area contributed by atoms with Gasteiger partial charge in [0.15, 0.2) is 0 Å². The van der Waals surface area contributed by atoms with E-state index in [-0.39, 0.29) is 6.23 Å². The Bertz CT molecular complexity index is 85.1. The largest absolute Gasteiger partial charge is 0.362 e. The number of alkyl halides is 1. The Hall–Kier alpha value is 0.210. The van der Waals surface area contributed by atoms with Gasteiger partial charge >= 0.3 is 0 Å². The van der Waals surface area contributed by atoms with E-state index >= 15 is 0 Å². The predicted octanol–water partition coefficient (Wildman–Crippen LogP) is 0.903. The molecular weight excluding hydrogens is 138 g/mol. The van der Waals surface area contributed by atoms with Gasteiger partial charge in [-0.25, -0.2) is 0 Å².